The van der Waals surface area contributed by atoms with Crippen LogP contribution in [0.3, 0.4) is 0 Å². The molecular weight excluding hydrogens is 214 g/mol. The molecule has 1 aliphatic heterocycles. The average Bonchev–Trinajstić information content (AvgIpc) is 2.43. The second-order valence-corrected chi connectivity index (χ2v) is 8.38. The molecule has 0 amide bonds. The van der Waals surface area contributed by atoms with Crippen molar-refractivity contribution in [2.24, 2.45) is 10.8 Å². The Hall–Kier alpha value is 0.310. The highest BCUT2D eigenvalue weighted by atomic mass is 32.2. The standard InChI is InChI=1S/C14H27NS/c1-13(2)6-5-11(7-13)15-12-8-14(3,4)10-16-9-12/h11-12,15H,5-10H2,1-4H3. The zero-order valence-corrected chi connectivity index (χ0v) is 12.1. The highest BCUT2D eigenvalue weighted by molar-refractivity contribution is 7.99. The Bertz CT molecular complexity index is 247. The van der Waals surface area contributed by atoms with Crippen molar-refractivity contribution in [1.82, 2.24) is 5.32 Å². The van der Waals surface area contributed by atoms with E-state index in [2.05, 4.69) is 44.8 Å². The molecule has 2 unspecified atom stereocenters. The van der Waals surface area contributed by atoms with Crippen molar-refractivity contribution >= 4 is 11.8 Å². The van der Waals surface area contributed by atoms with Crippen molar-refractivity contribution in [2.75, 3.05) is 11.5 Å². The first-order chi connectivity index (χ1) is 7.36. The van der Waals surface area contributed by atoms with Crippen LogP contribution in [0.5, 0.6) is 0 Å². The van der Waals surface area contributed by atoms with Crippen molar-refractivity contribution in [1.29, 1.82) is 0 Å². The Kier molecular flexibility index (Phi) is 3.61. The van der Waals surface area contributed by atoms with Gasteiger partial charge in [-0.25, -0.2) is 0 Å². The number of rotatable bonds is 2. The molecule has 1 nitrogen and oxygen atoms in total. The third-order valence-corrected chi connectivity index (χ3v) is 5.67. The molecule has 2 heteroatoms. The number of hydrogen-bond donors (Lipinski definition) is 1. The normalized spacial score (nSPS) is 37.5. The summed E-state index contributed by atoms with van der Waals surface area (Å²) >= 11 is 2.13. The van der Waals surface area contributed by atoms with Crippen LogP contribution < -0.4 is 5.32 Å². The van der Waals surface area contributed by atoms with Crippen LogP contribution in [0.4, 0.5) is 0 Å². The zero-order valence-electron chi connectivity index (χ0n) is 11.3. The van der Waals surface area contributed by atoms with E-state index in [1.807, 2.05) is 0 Å². The molecule has 1 saturated heterocycles. The maximum Gasteiger partial charge on any atom is 0.0166 e. The summed E-state index contributed by atoms with van der Waals surface area (Å²) in [5.74, 6) is 2.65. The van der Waals surface area contributed by atoms with Crippen LogP contribution in [0.15, 0.2) is 0 Å². The third-order valence-electron chi connectivity index (χ3n) is 4.05. The van der Waals surface area contributed by atoms with Gasteiger partial charge in [-0.15, -0.1) is 0 Å². The molecule has 16 heavy (non-hydrogen) atoms. The van der Waals surface area contributed by atoms with Gasteiger partial charge in [-0.1, -0.05) is 27.7 Å². The lowest BCUT2D eigenvalue weighted by Crippen LogP contribution is -2.44. The molecule has 1 saturated carbocycles. The second kappa shape index (κ2) is 4.53. The summed E-state index contributed by atoms with van der Waals surface area (Å²) in [6.07, 6.45) is 5.51. The van der Waals surface area contributed by atoms with E-state index in [1.165, 1.54) is 37.2 Å². The summed E-state index contributed by atoms with van der Waals surface area (Å²) in [6, 6.07) is 1.54. The molecule has 94 valence electrons. The van der Waals surface area contributed by atoms with Crippen LogP contribution in [0.25, 0.3) is 0 Å². The summed E-state index contributed by atoms with van der Waals surface area (Å²) in [6.45, 7) is 9.64. The van der Waals surface area contributed by atoms with E-state index in [0.29, 0.717) is 10.8 Å². The van der Waals surface area contributed by atoms with Gasteiger partial charge >= 0.3 is 0 Å². The molecule has 0 aromatic carbocycles. The SMILES string of the molecule is CC1(C)CCC(NC2CSCC(C)(C)C2)C1. The fraction of sp³-hybridized carbons (Fsp3) is 1.00. The van der Waals surface area contributed by atoms with Gasteiger partial charge < -0.3 is 5.32 Å². The summed E-state index contributed by atoms with van der Waals surface area (Å²) in [5, 5.41) is 3.91. The Morgan fingerprint density at radius 1 is 1.00 bits per heavy atom. The molecule has 0 radical (unpaired) electrons. The predicted octanol–water partition coefficient (Wildman–Crippen LogP) is 3.69. The van der Waals surface area contributed by atoms with Crippen LogP contribution in [0, 0.1) is 10.8 Å². The van der Waals surface area contributed by atoms with E-state index >= 15 is 0 Å². The molecule has 1 N–H and O–H groups in total. The molecular formula is C14H27NS. The van der Waals surface area contributed by atoms with Crippen LogP contribution in [0.1, 0.15) is 53.4 Å². The number of hydrogen-bond acceptors (Lipinski definition) is 2. The van der Waals surface area contributed by atoms with Gasteiger partial charge in [0, 0.05) is 17.8 Å². The topological polar surface area (TPSA) is 12.0 Å². The summed E-state index contributed by atoms with van der Waals surface area (Å²) < 4.78 is 0. The highest BCUT2D eigenvalue weighted by Crippen LogP contribution is 2.39. The highest BCUT2D eigenvalue weighted by Gasteiger charge is 2.34. The van der Waals surface area contributed by atoms with Crippen molar-refractivity contribution in [3.63, 3.8) is 0 Å². The number of thioether (sulfide) groups is 1. The summed E-state index contributed by atoms with van der Waals surface area (Å²) in [4.78, 5) is 0. The van der Waals surface area contributed by atoms with Crippen molar-refractivity contribution in [3.8, 4) is 0 Å². The van der Waals surface area contributed by atoms with Crippen molar-refractivity contribution in [3.05, 3.63) is 0 Å². The monoisotopic (exact) mass is 241 g/mol. The average molecular weight is 241 g/mol. The van der Waals surface area contributed by atoms with Gasteiger partial charge in [0.1, 0.15) is 0 Å². The first-order valence-electron chi connectivity index (χ1n) is 6.70. The lowest BCUT2D eigenvalue weighted by atomic mass is 9.87. The molecule has 0 bridgehead atoms. The van der Waals surface area contributed by atoms with E-state index in [-0.39, 0.29) is 0 Å². The van der Waals surface area contributed by atoms with E-state index in [0.717, 1.165) is 12.1 Å². The van der Waals surface area contributed by atoms with Gasteiger partial charge in [0.2, 0.25) is 0 Å². The van der Waals surface area contributed by atoms with Crippen LogP contribution in [-0.2, 0) is 0 Å². The van der Waals surface area contributed by atoms with Gasteiger partial charge in [0.15, 0.2) is 0 Å². The Morgan fingerprint density at radius 3 is 2.25 bits per heavy atom. The minimum atomic E-state index is 0.536. The van der Waals surface area contributed by atoms with Gasteiger partial charge in [0.25, 0.3) is 0 Å². The molecule has 1 heterocycles. The van der Waals surface area contributed by atoms with Crippen molar-refractivity contribution in [2.45, 2.75) is 65.5 Å². The second-order valence-electron chi connectivity index (χ2n) is 7.35. The van der Waals surface area contributed by atoms with Gasteiger partial charge in [0.05, 0.1) is 0 Å². The molecule has 0 aromatic rings. The smallest absolute Gasteiger partial charge is 0.0166 e. The fourth-order valence-corrected chi connectivity index (χ4v) is 4.57. The molecule has 0 spiro atoms. The lowest BCUT2D eigenvalue weighted by molar-refractivity contribution is 0.291. The third kappa shape index (κ3) is 3.40. The molecule has 2 aliphatic rings. The molecule has 1 aliphatic carbocycles. The number of nitrogens with one attached hydrogen (secondary N) is 1. The maximum absolute atomic E-state index is 3.91. The van der Waals surface area contributed by atoms with Crippen molar-refractivity contribution < 1.29 is 0 Å². The van der Waals surface area contributed by atoms with Gasteiger partial charge in [-0.3, -0.25) is 0 Å². The Labute approximate surface area is 105 Å². The largest absolute Gasteiger partial charge is 0.310 e. The minimum absolute atomic E-state index is 0.536. The first-order valence-corrected chi connectivity index (χ1v) is 7.86. The molecule has 2 fully saturated rings. The first kappa shape index (κ1) is 12.8. The van der Waals surface area contributed by atoms with E-state index < -0.39 is 0 Å². The Morgan fingerprint density at radius 2 is 1.69 bits per heavy atom. The fourth-order valence-electron chi connectivity index (χ4n) is 3.28. The zero-order chi connectivity index (χ0) is 11.8. The van der Waals surface area contributed by atoms with Gasteiger partial charge in [-0.05, 0) is 42.3 Å². The quantitative estimate of drug-likeness (QED) is 0.791. The summed E-state index contributed by atoms with van der Waals surface area (Å²) in [5.41, 5.74) is 1.11. The Balaban J connectivity index is 1.82. The molecule has 2 rings (SSSR count). The predicted molar refractivity (Wildman–Crippen MR) is 74.1 cm³/mol. The lowest BCUT2D eigenvalue weighted by Gasteiger charge is -2.36. The van der Waals surface area contributed by atoms with E-state index in [4.69, 9.17) is 0 Å². The van der Waals surface area contributed by atoms with Crippen LogP contribution in [-0.4, -0.2) is 23.6 Å². The summed E-state index contributed by atoms with van der Waals surface area (Å²) in [7, 11) is 0. The van der Waals surface area contributed by atoms with E-state index in [9.17, 15) is 0 Å². The maximum atomic E-state index is 3.91. The van der Waals surface area contributed by atoms with Crippen LogP contribution in [0.2, 0.25) is 0 Å². The molecule has 0 aromatic heterocycles. The van der Waals surface area contributed by atoms with Crippen LogP contribution >= 0.6 is 11.8 Å². The molecule has 2 atom stereocenters. The van der Waals surface area contributed by atoms with E-state index in [1.54, 1.807) is 0 Å². The minimum Gasteiger partial charge on any atom is -0.310 e. The van der Waals surface area contributed by atoms with Gasteiger partial charge in [-0.2, -0.15) is 11.8 Å².